The highest BCUT2D eigenvalue weighted by Gasteiger charge is 2.14. The highest BCUT2D eigenvalue weighted by Crippen LogP contribution is 2.19. The fraction of sp³-hybridized carbons (Fsp3) is 0.294. The molecule has 108 valence electrons. The van der Waals surface area contributed by atoms with Crippen molar-refractivity contribution in [3.05, 3.63) is 59.7 Å². The van der Waals surface area contributed by atoms with Gasteiger partial charge in [0.25, 0.3) is 0 Å². The average molecular weight is 280 g/mol. The minimum absolute atomic E-state index is 0.182. The molecule has 0 aliphatic rings. The van der Waals surface area contributed by atoms with Crippen molar-refractivity contribution in [2.45, 2.75) is 26.4 Å². The minimum atomic E-state index is 0.182. The summed E-state index contributed by atoms with van der Waals surface area (Å²) in [7, 11) is 2.07. The molecule has 0 radical (unpaired) electrons. The van der Waals surface area contributed by atoms with Gasteiger partial charge in [0, 0.05) is 26.0 Å². The summed E-state index contributed by atoms with van der Waals surface area (Å²) in [6, 6.07) is 10.4. The summed E-state index contributed by atoms with van der Waals surface area (Å²) in [6.45, 7) is 5.05. The van der Waals surface area contributed by atoms with Gasteiger partial charge in [-0.05, 0) is 43.2 Å². The van der Waals surface area contributed by atoms with Crippen molar-refractivity contribution >= 4 is 11.0 Å². The molecular weight excluding hydrogens is 260 g/mol. The van der Waals surface area contributed by atoms with Gasteiger partial charge in [0.2, 0.25) is 0 Å². The Morgan fingerprint density at radius 1 is 1.24 bits per heavy atom. The molecule has 0 aliphatic heterocycles. The zero-order valence-corrected chi connectivity index (χ0v) is 12.7. The van der Waals surface area contributed by atoms with E-state index >= 15 is 0 Å². The van der Waals surface area contributed by atoms with Crippen LogP contribution in [0, 0.1) is 6.92 Å². The van der Waals surface area contributed by atoms with E-state index < -0.39 is 0 Å². The zero-order chi connectivity index (χ0) is 14.8. The summed E-state index contributed by atoms with van der Waals surface area (Å²) < 4.78 is 2.16. The molecule has 2 heterocycles. The van der Waals surface area contributed by atoms with Crippen LogP contribution in [0.15, 0.2) is 42.7 Å². The molecule has 0 saturated heterocycles. The summed E-state index contributed by atoms with van der Waals surface area (Å²) in [6.07, 6.45) is 3.75. The van der Waals surface area contributed by atoms with E-state index in [0.29, 0.717) is 0 Å². The third-order valence-corrected chi connectivity index (χ3v) is 3.96. The van der Waals surface area contributed by atoms with Crippen LogP contribution in [0.4, 0.5) is 0 Å². The molecule has 4 nitrogen and oxygen atoms in total. The lowest BCUT2D eigenvalue weighted by atomic mass is 10.1. The lowest BCUT2D eigenvalue weighted by Gasteiger charge is -2.14. The van der Waals surface area contributed by atoms with Crippen LogP contribution in [-0.4, -0.2) is 14.5 Å². The Balaban J connectivity index is 1.80. The van der Waals surface area contributed by atoms with E-state index in [1.54, 1.807) is 0 Å². The SMILES string of the molecule is Cc1ccncc1CNC(C)c1nc2ccccc2n1C. The molecule has 0 amide bonds. The molecule has 0 fully saturated rings. The van der Waals surface area contributed by atoms with Crippen molar-refractivity contribution < 1.29 is 0 Å². The minimum Gasteiger partial charge on any atom is -0.330 e. The summed E-state index contributed by atoms with van der Waals surface area (Å²) >= 11 is 0. The van der Waals surface area contributed by atoms with Crippen LogP contribution in [0.25, 0.3) is 11.0 Å². The van der Waals surface area contributed by atoms with Gasteiger partial charge >= 0.3 is 0 Å². The number of aromatic nitrogens is 3. The Bertz CT molecular complexity index is 760. The molecule has 0 saturated carbocycles. The number of fused-ring (bicyclic) bond motifs is 1. The molecule has 1 aromatic carbocycles. The Morgan fingerprint density at radius 3 is 2.81 bits per heavy atom. The quantitative estimate of drug-likeness (QED) is 0.798. The van der Waals surface area contributed by atoms with Crippen molar-refractivity contribution in [1.82, 2.24) is 19.9 Å². The maximum absolute atomic E-state index is 4.73. The highest BCUT2D eigenvalue weighted by atomic mass is 15.1. The van der Waals surface area contributed by atoms with E-state index in [2.05, 4.69) is 47.9 Å². The van der Waals surface area contributed by atoms with E-state index in [0.717, 1.165) is 17.9 Å². The van der Waals surface area contributed by atoms with Gasteiger partial charge in [-0.15, -0.1) is 0 Å². The van der Waals surface area contributed by atoms with Gasteiger partial charge < -0.3 is 9.88 Å². The molecular formula is C17H20N4. The Labute approximate surface area is 124 Å². The number of aryl methyl sites for hydroxylation is 2. The first-order chi connectivity index (χ1) is 10.2. The molecule has 3 rings (SSSR count). The van der Waals surface area contributed by atoms with Gasteiger partial charge in [-0.25, -0.2) is 4.98 Å². The van der Waals surface area contributed by atoms with Crippen LogP contribution in [0.3, 0.4) is 0 Å². The number of rotatable bonds is 4. The molecule has 1 N–H and O–H groups in total. The van der Waals surface area contributed by atoms with Crippen LogP contribution < -0.4 is 5.32 Å². The van der Waals surface area contributed by atoms with Crippen LogP contribution in [0.2, 0.25) is 0 Å². The number of hydrogen-bond acceptors (Lipinski definition) is 3. The number of hydrogen-bond donors (Lipinski definition) is 1. The smallest absolute Gasteiger partial charge is 0.126 e. The predicted molar refractivity (Wildman–Crippen MR) is 84.9 cm³/mol. The lowest BCUT2D eigenvalue weighted by molar-refractivity contribution is 0.531. The van der Waals surface area contributed by atoms with Crippen LogP contribution >= 0.6 is 0 Å². The van der Waals surface area contributed by atoms with Gasteiger partial charge in [0.15, 0.2) is 0 Å². The second-order valence-corrected chi connectivity index (χ2v) is 5.42. The first-order valence-corrected chi connectivity index (χ1v) is 7.21. The topological polar surface area (TPSA) is 42.7 Å². The van der Waals surface area contributed by atoms with Crippen molar-refractivity contribution in [3.63, 3.8) is 0 Å². The molecule has 21 heavy (non-hydrogen) atoms. The molecule has 0 spiro atoms. The third-order valence-electron chi connectivity index (χ3n) is 3.96. The molecule has 1 atom stereocenters. The Kier molecular flexibility index (Phi) is 3.71. The lowest BCUT2D eigenvalue weighted by Crippen LogP contribution is -2.21. The summed E-state index contributed by atoms with van der Waals surface area (Å²) in [5, 5.41) is 3.53. The normalized spacial score (nSPS) is 12.7. The number of nitrogens with one attached hydrogen (secondary N) is 1. The van der Waals surface area contributed by atoms with Gasteiger partial charge in [-0.1, -0.05) is 12.1 Å². The molecule has 0 bridgehead atoms. The number of pyridine rings is 1. The fourth-order valence-electron chi connectivity index (χ4n) is 2.59. The maximum atomic E-state index is 4.73. The molecule has 4 heteroatoms. The monoisotopic (exact) mass is 280 g/mol. The predicted octanol–water partition coefficient (Wildman–Crippen LogP) is 3.13. The fourth-order valence-corrected chi connectivity index (χ4v) is 2.59. The summed E-state index contributed by atoms with van der Waals surface area (Å²) in [5.74, 6) is 1.05. The largest absolute Gasteiger partial charge is 0.330 e. The van der Waals surface area contributed by atoms with Crippen LogP contribution in [-0.2, 0) is 13.6 Å². The molecule has 2 aromatic heterocycles. The van der Waals surface area contributed by atoms with Crippen LogP contribution in [0.5, 0.6) is 0 Å². The number of nitrogens with zero attached hydrogens (tertiary/aromatic N) is 3. The molecule has 1 unspecified atom stereocenters. The highest BCUT2D eigenvalue weighted by molar-refractivity contribution is 5.75. The van der Waals surface area contributed by atoms with Crippen molar-refractivity contribution in [1.29, 1.82) is 0 Å². The number of para-hydroxylation sites is 2. The van der Waals surface area contributed by atoms with E-state index in [9.17, 15) is 0 Å². The summed E-state index contributed by atoms with van der Waals surface area (Å²) in [4.78, 5) is 8.92. The van der Waals surface area contributed by atoms with Gasteiger partial charge in [-0.2, -0.15) is 0 Å². The van der Waals surface area contributed by atoms with Crippen molar-refractivity contribution in [3.8, 4) is 0 Å². The van der Waals surface area contributed by atoms with E-state index in [-0.39, 0.29) is 6.04 Å². The number of imidazole rings is 1. The van der Waals surface area contributed by atoms with E-state index in [1.807, 2.05) is 30.6 Å². The maximum Gasteiger partial charge on any atom is 0.126 e. The van der Waals surface area contributed by atoms with Gasteiger partial charge in [0.05, 0.1) is 17.1 Å². The van der Waals surface area contributed by atoms with Crippen molar-refractivity contribution in [2.24, 2.45) is 7.05 Å². The summed E-state index contributed by atoms with van der Waals surface area (Å²) in [5.41, 5.74) is 4.69. The third kappa shape index (κ3) is 2.67. The zero-order valence-electron chi connectivity index (χ0n) is 12.7. The van der Waals surface area contributed by atoms with Gasteiger partial charge in [-0.3, -0.25) is 4.98 Å². The van der Waals surface area contributed by atoms with Crippen LogP contribution in [0.1, 0.15) is 29.9 Å². The Hall–Kier alpha value is -2.20. The average Bonchev–Trinajstić information content (AvgIpc) is 2.84. The molecule has 3 aromatic rings. The second-order valence-electron chi connectivity index (χ2n) is 5.42. The molecule has 0 aliphatic carbocycles. The van der Waals surface area contributed by atoms with Gasteiger partial charge in [0.1, 0.15) is 5.82 Å². The van der Waals surface area contributed by atoms with E-state index in [1.165, 1.54) is 16.6 Å². The van der Waals surface area contributed by atoms with Crippen molar-refractivity contribution in [2.75, 3.05) is 0 Å². The first kappa shape index (κ1) is 13.8. The second kappa shape index (κ2) is 5.66. The Morgan fingerprint density at radius 2 is 2.05 bits per heavy atom. The number of benzene rings is 1. The standard InChI is InChI=1S/C17H20N4/c1-12-8-9-18-10-14(12)11-19-13(2)17-20-15-6-4-5-7-16(15)21(17)3/h4-10,13,19H,11H2,1-3H3. The first-order valence-electron chi connectivity index (χ1n) is 7.21. The van der Waals surface area contributed by atoms with E-state index in [4.69, 9.17) is 4.98 Å².